The summed E-state index contributed by atoms with van der Waals surface area (Å²) in [6.45, 7) is 7.69. The van der Waals surface area contributed by atoms with E-state index in [-0.39, 0.29) is 37.3 Å². The number of ether oxygens (including phenoxy) is 2. The Kier molecular flexibility index (Phi) is 4.12. The van der Waals surface area contributed by atoms with Crippen molar-refractivity contribution in [3.63, 3.8) is 0 Å². The van der Waals surface area contributed by atoms with Crippen molar-refractivity contribution in [2.24, 2.45) is 11.8 Å². The van der Waals surface area contributed by atoms with Crippen LogP contribution < -0.4 is 0 Å². The van der Waals surface area contributed by atoms with Gasteiger partial charge in [-0.2, -0.15) is 0 Å². The second-order valence-corrected chi connectivity index (χ2v) is 4.88. The molecule has 1 rings (SSSR count). The first-order chi connectivity index (χ1) is 6.91. The van der Waals surface area contributed by atoms with Crippen LogP contribution in [0.15, 0.2) is 0 Å². The Morgan fingerprint density at radius 2 is 1.33 bits per heavy atom. The molecule has 0 amide bonds. The van der Waals surface area contributed by atoms with Crippen molar-refractivity contribution in [1.29, 1.82) is 0 Å². The van der Waals surface area contributed by atoms with E-state index in [1.54, 1.807) is 0 Å². The van der Waals surface area contributed by atoms with E-state index in [4.69, 9.17) is 19.7 Å². The predicted molar refractivity (Wildman–Crippen MR) is 56.3 cm³/mol. The quantitative estimate of drug-likeness (QED) is 0.731. The third-order valence-corrected chi connectivity index (χ3v) is 2.86. The van der Waals surface area contributed by atoms with Gasteiger partial charge in [-0.05, 0) is 13.8 Å². The highest BCUT2D eigenvalue weighted by atomic mass is 16.8. The molecule has 1 aliphatic heterocycles. The van der Waals surface area contributed by atoms with Gasteiger partial charge >= 0.3 is 0 Å². The Balaban J connectivity index is 2.74. The van der Waals surface area contributed by atoms with Crippen LogP contribution in [-0.2, 0) is 9.47 Å². The van der Waals surface area contributed by atoms with E-state index >= 15 is 0 Å². The molecule has 0 aromatic carbocycles. The minimum absolute atomic E-state index is 0.0192. The molecule has 0 aromatic rings. The van der Waals surface area contributed by atoms with Crippen molar-refractivity contribution >= 4 is 0 Å². The highest BCUT2D eigenvalue weighted by Gasteiger charge is 2.45. The van der Waals surface area contributed by atoms with Crippen LogP contribution in [0, 0.1) is 11.8 Å². The van der Waals surface area contributed by atoms with Gasteiger partial charge in [0.1, 0.15) is 0 Å². The first-order valence-corrected chi connectivity index (χ1v) is 5.48. The lowest BCUT2D eigenvalue weighted by Crippen LogP contribution is -2.37. The molecule has 0 aliphatic carbocycles. The molecule has 4 nitrogen and oxygen atoms in total. The SMILES string of the molecule is C[C@H](CO)[C@H]1OC(C)(C)O[C@@H]1[C@H](C)CO. The highest BCUT2D eigenvalue weighted by Crippen LogP contribution is 2.35. The van der Waals surface area contributed by atoms with Gasteiger partial charge in [-0.15, -0.1) is 0 Å². The Morgan fingerprint density at radius 1 is 1.00 bits per heavy atom. The van der Waals surface area contributed by atoms with Gasteiger partial charge in [-0.1, -0.05) is 13.8 Å². The maximum Gasteiger partial charge on any atom is 0.163 e. The van der Waals surface area contributed by atoms with Gasteiger partial charge < -0.3 is 19.7 Å². The van der Waals surface area contributed by atoms with Crippen molar-refractivity contribution in [3.8, 4) is 0 Å². The number of hydrogen-bond acceptors (Lipinski definition) is 4. The fourth-order valence-corrected chi connectivity index (χ4v) is 1.91. The van der Waals surface area contributed by atoms with E-state index in [0.717, 1.165) is 0 Å². The summed E-state index contributed by atoms with van der Waals surface area (Å²) in [5.41, 5.74) is 0. The monoisotopic (exact) mass is 218 g/mol. The summed E-state index contributed by atoms with van der Waals surface area (Å²) in [6, 6.07) is 0. The third-order valence-electron chi connectivity index (χ3n) is 2.86. The molecule has 90 valence electrons. The maximum atomic E-state index is 9.14. The van der Waals surface area contributed by atoms with E-state index < -0.39 is 5.79 Å². The molecule has 4 atom stereocenters. The largest absolute Gasteiger partial charge is 0.396 e. The van der Waals surface area contributed by atoms with E-state index in [2.05, 4.69) is 0 Å². The normalized spacial score (nSPS) is 34.0. The van der Waals surface area contributed by atoms with Crippen molar-refractivity contribution in [2.75, 3.05) is 13.2 Å². The summed E-state index contributed by atoms with van der Waals surface area (Å²) in [7, 11) is 0. The van der Waals surface area contributed by atoms with Crippen LogP contribution in [0.25, 0.3) is 0 Å². The van der Waals surface area contributed by atoms with Crippen molar-refractivity contribution in [2.45, 2.75) is 45.7 Å². The predicted octanol–water partition coefficient (Wildman–Crippen LogP) is 0.763. The standard InChI is InChI=1S/C11H22O4/c1-7(5-12)9-10(8(2)6-13)15-11(3,4)14-9/h7-10,12-13H,5-6H2,1-4H3/t7-,8-,9-,10-/m1/s1. The summed E-state index contributed by atoms with van der Waals surface area (Å²) in [5.74, 6) is -0.584. The Bertz CT molecular complexity index is 185. The molecule has 1 heterocycles. The van der Waals surface area contributed by atoms with Crippen LogP contribution in [0.3, 0.4) is 0 Å². The molecule has 1 aliphatic rings. The summed E-state index contributed by atoms with van der Waals surface area (Å²) < 4.78 is 11.5. The number of aliphatic hydroxyl groups excluding tert-OH is 2. The van der Waals surface area contributed by atoms with Crippen LogP contribution in [-0.4, -0.2) is 41.4 Å². The summed E-state index contributed by atoms with van der Waals surface area (Å²) >= 11 is 0. The number of hydrogen-bond donors (Lipinski definition) is 2. The maximum absolute atomic E-state index is 9.14. The first kappa shape index (κ1) is 12.9. The third kappa shape index (κ3) is 2.91. The molecule has 1 fully saturated rings. The molecule has 1 saturated heterocycles. The van der Waals surface area contributed by atoms with Crippen LogP contribution in [0.2, 0.25) is 0 Å². The average Bonchev–Trinajstić information content (AvgIpc) is 2.52. The number of aliphatic hydroxyl groups is 2. The van der Waals surface area contributed by atoms with E-state index in [0.29, 0.717) is 0 Å². The zero-order valence-corrected chi connectivity index (χ0v) is 9.93. The van der Waals surface area contributed by atoms with Gasteiger partial charge in [0.2, 0.25) is 0 Å². The Labute approximate surface area is 91.2 Å². The van der Waals surface area contributed by atoms with E-state index in [9.17, 15) is 0 Å². The smallest absolute Gasteiger partial charge is 0.163 e. The molecule has 0 spiro atoms. The molecule has 0 radical (unpaired) electrons. The van der Waals surface area contributed by atoms with Gasteiger partial charge in [-0.25, -0.2) is 0 Å². The zero-order valence-electron chi connectivity index (χ0n) is 9.93. The minimum Gasteiger partial charge on any atom is -0.396 e. The Hall–Kier alpha value is -0.160. The highest BCUT2D eigenvalue weighted by molar-refractivity contribution is 4.87. The lowest BCUT2D eigenvalue weighted by Gasteiger charge is -2.25. The van der Waals surface area contributed by atoms with E-state index in [1.165, 1.54) is 0 Å². The van der Waals surface area contributed by atoms with Gasteiger partial charge in [0.25, 0.3) is 0 Å². The first-order valence-electron chi connectivity index (χ1n) is 5.48. The van der Waals surface area contributed by atoms with Crippen LogP contribution in [0.1, 0.15) is 27.7 Å². The summed E-state index contributed by atoms with van der Waals surface area (Å²) in [4.78, 5) is 0. The number of rotatable bonds is 4. The Morgan fingerprint density at radius 3 is 1.60 bits per heavy atom. The lowest BCUT2D eigenvalue weighted by atomic mass is 9.93. The topological polar surface area (TPSA) is 58.9 Å². The molecule has 0 bridgehead atoms. The van der Waals surface area contributed by atoms with E-state index in [1.807, 2.05) is 27.7 Å². The fraction of sp³-hybridized carbons (Fsp3) is 1.00. The fourth-order valence-electron chi connectivity index (χ4n) is 1.91. The van der Waals surface area contributed by atoms with Gasteiger partial charge in [0.15, 0.2) is 5.79 Å². The summed E-state index contributed by atoms with van der Waals surface area (Å²) in [6.07, 6.45) is -0.292. The molecular formula is C11H22O4. The molecule has 2 N–H and O–H groups in total. The van der Waals surface area contributed by atoms with Crippen molar-refractivity contribution in [1.82, 2.24) is 0 Å². The lowest BCUT2D eigenvalue weighted by molar-refractivity contribution is -0.154. The van der Waals surface area contributed by atoms with Crippen molar-refractivity contribution < 1.29 is 19.7 Å². The molecule has 4 heteroatoms. The van der Waals surface area contributed by atoms with Crippen molar-refractivity contribution in [3.05, 3.63) is 0 Å². The molecule has 0 unspecified atom stereocenters. The van der Waals surface area contributed by atoms with Crippen LogP contribution in [0.5, 0.6) is 0 Å². The zero-order chi connectivity index (χ0) is 11.6. The van der Waals surface area contributed by atoms with Crippen LogP contribution in [0.4, 0.5) is 0 Å². The molecular weight excluding hydrogens is 196 g/mol. The minimum atomic E-state index is -0.623. The van der Waals surface area contributed by atoms with Gasteiger partial charge in [-0.3, -0.25) is 0 Å². The second kappa shape index (κ2) is 4.78. The molecule has 0 saturated carbocycles. The second-order valence-electron chi connectivity index (χ2n) is 4.88. The molecule has 15 heavy (non-hydrogen) atoms. The molecule has 0 aromatic heterocycles. The van der Waals surface area contributed by atoms with Gasteiger partial charge in [0, 0.05) is 25.0 Å². The van der Waals surface area contributed by atoms with Gasteiger partial charge in [0.05, 0.1) is 12.2 Å². The van der Waals surface area contributed by atoms with Crippen LogP contribution >= 0.6 is 0 Å². The average molecular weight is 218 g/mol. The summed E-state index contributed by atoms with van der Waals surface area (Å²) in [5, 5.41) is 18.3.